The molecule has 1 amide bonds. The van der Waals surface area contributed by atoms with Gasteiger partial charge in [0.15, 0.2) is 5.69 Å². The van der Waals surface area contributed by atoms with E-state index < -0.39 is 17.2 Å². The highest BCUT2D eigenvalue weighted by Crippen LogP contribution is 2.14. The van der Waals surface area contributed by atoms with Gasteiger partial charge in [0.1, 0.15) is 17.3 Å². The Morgan fingerprint density at radius 2 is 1.96 bits per heavy atom. The summed E-state index contributed by atoms with van der Waals surface area (Å²) in [6.45, 7) is 1.82. The van der Waals surface area contributed by atoms with Gasteiger partial charge >= 0.3 is 0 Å². The van der Waals surface area contributed by atoms with Gasteiger partial charge in [-0.2, -0.15) is 5.10 Å². The first-order chi connectivity index (χ1) is 13.0. The zero-order chi connectivity index (χ0) is 19.4. The number of ether oxygens (including phenoxy) is 1. The van der Waals surface area contributed by atoms with Crippen LogP contribution in [0.5, 0.6) is 5.75 Å². The van der Waals surface area contributed by atoms with E-state index in [0.717, 1.165) is 5.56 Å². The third-order valence-corrected chi connectivity index (χ3v) is 3.99. The van der Waals surface area contributed by atoms with E-state index in [1.165, 1.54) is 22.9 Å². The molecular weight excluding hydrogens is 349 g/mol. The molecule has 27 heavy (non-hydrogen) atoms. The zero-order valence-electron chi connectivity index (χ0n) is 14.9. The fraction of sp³-hybridized carbons (Fsp3) is 0.150. The third-order valence-electron chi connectivity index (χ3n) is 3.99. The molecule has 0 unspecified atom stereocenters. The Bertz CT molecular complexity index is 1050. The summed E-state index contributed by atoms with van der Waals surface area (Å²) in [7, 11) is 1.55. The molecule has 3 rings (SSSR count). The van der Waals surface area contributed by atoms with Crippen LogP contribution < -0.4 is 15.5 Å². The van der Waals surface area contributed by atoms with Crippen molar-refractivity contribution in [1.29, 1.82) is 0 Å². The Kier molecular flexibility index (Phi) is 5.30. The van der Waals surface area contributed by atoms with Crippen LogP contribution in [0, 0.1) is 12.7 Å². The summed E-state index contributed by atoms with van der Waals surface area (Å²) >= 11 is 0. The van der Waals surface area contributed by atoms with Crippen LogP contribution in [-0.2, 0) is 6.54 Å². The predicted octanol–water partition coefficient (Wildman–Crippen LogP) is 2.62. The van der Waals surface area contributed by atoms with Gasteiger partial charge in [-0.1, -0.05) is 24.3 Å². The molecule has 0 aliphatic rings. The summed E-state index contributed by atoms with van der Waals surface area (Å²) in [5.41, 5.74) is 0.575. The fourth-order valence-electron chi connectivity index (χ4n) is 2.62. The molecule has 138 valence electrons. The second-order valence-corrected chi connectivity index (χ2v) is 5.90. The van der Waals surface area contributed by atoms with Gasteiger partial charge < -0.3 is 10.1 Å². The van der Waals surface area contributed by atoms with Gasteiger partial charge in [0.2, 0.25) is 5.43 Å². The van der Waals surface area contributed by atoms with E-state index >= 15 is 0 Å². The van der Waals surface area contributed by atoms with Crippen molar-refractivity contribution < 1.29 is 13.9 Å². The molecule has 0 aliphatic carbocycles. The molecule has 0 saturated heterocycles. The number of aryl methyl sites for hydroxylation is 1. The molecule has 0 bridgehead atoms. The van der Waals surface area contributed by atoms with E-state index in [9.17, 15) is 14.0 Å². The quantitative estimate of drug-likeness (QED) is 0.752. The molecular formula is C20H18FN3O3. The van der Waals surface area contributed by atoms with Crippen LogP contribution in [0.2, 0.25) is 0 Å². The van der Waals surface area contributed by atoms with Crippen molar-refractivity contribution in [2.45, 2.75) is 13.5 Å². The number of carbonyl (C=O) groups is 1. The lowest BCUT2D eigenvalue weighted by Gasteiger charge is -2.12. The van der Waals surface area contributed by atoms with Crippen LogP contribution in [-0.4, -0.2) is 22.8 Å². The second kappa shape index (κ2) is 7.82. The van der Waals surface area contributed by atoms with Crippen molar-refractivity contribution in [3.63, 3.8) is 0 Å². The number of rotatable bonds is 5. The number of nitrogens with one attached hydrogen (secondary N) is 1. The highest BCUT2D eigenvalue weighted by atomic mass is 19.1. The van der Waals surface area contributed by atoms with Crippen molar-refractivity contribution in [3.8, 4) is 11.4 Å². The van der Waals surface area contributed by atoms with Crippen LogP contribution in [0.1, 0.15) is 21.7 Å². The van der Waals surface area contributed by atoms with Gasteiger partial charge in [0.25, 0.3) is 5.91 Å². The molecule has 6 nitrogen and oxygen atoms in total. The van der Waals surface area contributed by atoms with Crippen molar-refractivity contribution in [1.82, 2.24) is 15.1 Å². The summed E-state index contributed by atoms with van der Waals surface area (Å²) < 4.78 is 20.5. The topological polar surface area (TPSA) is 73.2 Å². The van der Waals surface area contributed by atoms with Gasteiger partial charge in [0.05, 0.1) is 7.11 Å². The molecule has 0 radical (unpaired) electrons. The van der Waals surface area contributed by atoms with Gasteiger partial charge in [-0.05, 0) is 36.8 Å². The maximum Gasteiger partial charge on any atom is 0.276 e. The molecule has 0 spiro atoms. The maximum absolute atomic E-state index is 14.1. The van der Waals surface area contributed by atoms with Crippen LogP contribution >= 0.6 is 0 Å². The van der Waals surface area contributed by atoms with E-state index in [4.69, 9.17) is 4.74 Å². The van der Waals surface area contributed by atoms with Gasteiger partial charge in [-0.3, -0.25) is 9.59 Å². The standard InChI is InChI=1S/C20H18FN3O3/c1-13-10-18(25)19(23-24(13)17-9-4-3-8-16(17)21)20(26)22-12-14-6-5-7-15(11-14)27-2/h3-11H,12H2,1-2H3,(H,22,26). The number of amides is 1. The van der Waals surface area contributed by atoms with Gasteiger partial charge in [0, 0.05) is 18.3 Å². The van der Waals surface area contributed by atoms with Crippen LogP contribution in [0.3, 0.4) is 0 Å². The molecule has 3 aromatic rings. The van der Waals surface area contributed by atoms with Crippen molar-refractivity contribution in [2.24, 2.45) is 0 Å². The Hall–Kier alpha value is -3.48. The fourth-order valence-corrected chi connectivity index (χ4v) is 2.62. The monoisotopic (exact) mass is 367 g/mol. The minimum Gasteiger partial charge on any atom is -0.497 e. The number of benzene rings is 2. The first kappa shape index (κ1) is 18.3. The number of aromatic nitrogens is 2. The van der Waals surface area contributed by atoms with E-state index in [2.05, 4.69) is 10.4 Å². The number of halogens is 1. The van der Waals surface area contributed by atoms with Crippen LogP contribution in [0.4, 0.5) is 4.39 Å². The minimum atomic E-state index is -0.632. The molecule has 1 aromatic heterocycles. The lowest BCUT2D eigenvalue weighted by Crippen LogP contribution is -2.31. The average Bonchev–Trinajstić information content (AvgIpc) is 2.67. The molecule has 2 aromatic carbocycles. The lowest BCUT2D eigenvalue weighted by molar-refractivity contribution is 0.0943. The first-order valence-electron chi connectivity index (χ1n) is 8.26. The van der Waals surface area contributed by atoms with E-state index in [-0.39, 0.29) is 17.9 Å². The second-order valence-electron chi connectivity index (χ2n) is 5.90. The molecule has 0 atom stereocenters. The first-order valence-corrected chi connectivity index (χ1v) is 8.26. The lowest BCUT2D eigenvalue weighted by atomic mass is 10.2. The summed E-state index contributed by atoms with van der Waals surface area (Å²) in [5.74, 6) is -0.468. The predicted molar refractivity (Wildman–Crippen MR) is 98.7 cm³/mol. The number of nitrogens with zero attached hydrogens (tertiary/aromatic N) is 2. The van der Waals surface area contributed by atoms with Gasteiger partial charge in [-0.15, -0.1) is 0 Å². The number of para-hydroxylation sites is 1. The maximum atomic E-state index is 14.1. The van der Waals surface area contributed by atoms with Crippen molar-refractivity contribution in [2.75, 3.05) is 7.11 Å². The Morgan fingerprint density at radius 1 is 1.19 bits per heavy atom. The summed E-state index contributed by atoms with van der Waals surface area (Å²) in [6, 6.07) is 14.5. The molecule has 1 heterocycles. The Labute approximate surface area is 155 Å². The van der Waals surface area contributed by atoms with E-state index in [1.54, 1.807) is 44.4 Å². The van der Waals surface area contributed by atoms with Crippen LogP contribution in [0.25, 0.3) is 5.69 Å². The normalized spacial score (nSPS) is 10.5. The van der Waals surface area contributed by atoms with E-state index in [1.807, 2.05) is 6.07 Å². The number of methoxy groups -OCH3 is 1. The summed E-state index contributed by atoms with van der Waals surface area (Å²) in [4.78, 5) is 24.7. The number of hydrogen-bond donors (Lipinski definition) is 1. The van der Waals surface area contributed by atoms with Gasteiger partial charge in [-0.25, -0.2) is 9.07 Å². The van der Waals surface area contributed by atoms with Crippen molar-refractivity contribution >= 4 is 5.91 Å². The zero-order valence-corrected chi connectivity index (χ0v) is 14.9. The Balaban J connectivity index is 1.87. The molecule has 0 fully saturated rings. The minimum absolute atomic E-state index is 0.164. The molecule has 1 N–H and O–H groups in total. The molecule has 0 saturated carbocycles. The third kappa shape index (κ3) is 4.03. The van der Waals surface area contributed by atoms with Crippen LogP contribution in [0.15, 0.2) is 59.4 Å². The SMILES string of the molecule is COc1cccc(CNC(=O)c2nn(-c3ccccc3F)c(C)cc2=O)c1. The largest absolute Gasteiger partial charge is 0.497 e. The van der Waals surface area contributed by atoms with Crippen molar-refractivity contribution in [3.05, 3.63) is 87.6 Å². The average molecular weight is 367 g/mol. The number of carbonyl (C=O) groups excluding carboxylic acids is 1. The molecule has 0 aliphatic heterocycles. The number of hydrogen-bond acceptors (Lipinski definition) is 4. The highest BCUT2D eigenvalue weighted by Gasteiger charge is 2.16. The highest BCUT2D eigenvalue weighted by molar-refractivity contribution is 5.92. The summed E-state index contributed by atoms with van der Waals surface area (Å²) in [6.07, 6.45) is 0. The van der Waals surface area contributed by atoms with E-state index in [0.29, 0.717) is 11.4 Å². The Morgan fingerprint density at radius 3 is 2.70 bits per heavy atom. The molecule has 7 heteroatoms. The smallest absolute Gasteiger partial charge is 0.276 e. The summed E-state index contributed by atoms with van der Waals surface area (Å²) in [5, 5.41) is 6.73.